The number of ether oxygens (including phenoxy) is 3. The van der Waals surface area contributed by atoms with Gasteiger partial charge in [0.05, 0.1) is 19.3 Å². The summed E-state index contributed by atoms with van der Waals surface area (Å²) in [5, 5.41) is 8.90. The lowest BCUT2D eigenvalue weighted by Gasteiger charge is -2.10. The van der Waals surface area contributed by atoms with E-state index in [4.69, 9.17) is 19.3 Å². The monoisotopic (exact) mass is 326 g/mol. The van der Waals surface area contributed by atoms with Crippen molar-refractivity contribution in [3.05, 3.63) is 59.2 Å². The Morgan fingerprint density at radius 2 is 1.83 bits per heavy atom. The summed E-state index contributed by atoms with van der Waals surface area (Å²) in [5.74, 6) is 0.428. The van der Waals surface area contributed by atoms with E-state index in [0.29, 0.717) is 18.1 Å². The third-order valence-corrected chi connectivity index (χ3v) is 3.64. The number of hydrogen-bond acceptors (Lipinski definition) is 4. The Bertz CT molecular complexity index is 745. The number of carbonyl (C=O) groups is 1. The smallest absolute Gasteiger partial charge is 0.335 e. The molecule has 1 unspecified atom stereocenters. The topological polar surface area (TPSA) is 68.3 Å². The molecule has 0 radical (unpaired) electrons. The molecule has 0 bridgehead atoms. The highest BCUT2D eigenvalue weighted by atomic mass is 16.6. The van der Waals surface area contributed by atoms with Crippen LogP contribution in [0.3, 0.4) is 0 Å². The van der Waals surface area contributed by atoms with Crippen LogP contribution in [0.2, 0.25) is 0 Å². The van der Waals surface area contributed by atoms with Crippen LogP contribution in [0.25, 0.3) is 12.2 Å². The number of carboxylic acid groups (broad SMARTS) is 1. The summed E-state index contributed by atoms with van der Waals surface area (Å²) in [5.41, 5.74) is 2.16. The second-order valence-electron chi connectivity index (χ2n) is 5.44. The van der Waals surface area contributed by atoms with Crippen molar-refractivity contribution in [1.82, 2.24) is 0 Å². The summed E-state index contributed by atoms with van der Waals surface area (Å²) < 4.78 is 16.2. The van der Waals surface area contributed by atoms with E-state index < -0.39 is 5.97 Å². The molecule has 1 heterocycles. The van der Waals surface area contributed by atoms with Crippen LogP contribution < -0.4 is 9.47 Å². The molecule has 5 heteroatoms. The normalized spacial score (nSPS) is 16.1. The Morgan fingerprint density at radius 1 is 1.17 bits per heavy atom. The lowest BCUT2D eigenvalue weighted by atomic mass is 10.1. The predicted molar refractivity (Wildman–Crippen MR) is 90.6 cm³/mol. The van der Waals surface area contributed by atoms with Gasteiger partial charge in [-0.1, -0.05) is 30.4 Å². The molecule has 1 atom stereocenters. The quantitative estimate of drug-likeness (QED) is 0.624. The largest absolute Gasteiger partial charge is 0.493 e. The zero-order valence-corrected chi connectivity index (χ0v) is 13.3. The van der Waals surface area contributed by atoms with Gasteiger partial charge in [0.1, 0.15) is 12.7 Å². The fourth-order valence-electron chi connectivity index (χ4n) is 2.18. The number of benzene rings is 2. The van der Waals surface area contributed by atoms with Gasteiger partial charge >= 0.3 is 5.97 Å². The van der Waals surface area contributed by atoms with Crippen molar-refractivity contribution in [3.63, 3.8) is 0 Å². The summed E-state index contributed by atoms with van der Waals surface area (Å²) in [6.07, 6.45) is 4.05. The summed E-state index contributed by atoms with van der Waals surface area (Å²) in [6.45, 7) is 1.28. The SMILES string of the molecule is COc1cc(/C=C/c2ccc(C(=O)O)cc2)ccc1OCC1CO1. The van der Waals surface area contributed by atoms with Crippen LogP contribution >= 0.6 is 0 Å². The summed E-state index contributed by atoms with van der Waals surface area (Å²) in [7, 11) is 1.61. The first-order chi connectivity index (χ1) is 11.7. The highest BCUT2D eigenvalue weighted by Crippen LogP contribution is 2.29. The van der Waals surface area contributed by atoms with Crippen LogP contribution in [0.15, 0.2) is 42.5 Å². The molecule has 2 aromatic carbocycles. The average Bonchev–Trinajstić information content (AvgIpc) is 3.43. The van der Waals surface area contributed by atoms with E-state index in [2.05, 4.69) is 0 Å². The lowest BCUT2D eigenvalue weighted by molar-refractivity contribution is 0.0697. The van der Waals surface area contributed by atoms with Gasteiger partial charge in [-0.3, -0.25) is 0 Å². The Balaban J connectivity index is 1.70. The molecular formula is C19H18O5. The fraction of sp³-hybridized carbons (Fsp3) is 0.211. The highest BCUT2D eigenvalue weighted by Gasteiger charge is 2.23. The van der Waals surface area contributed by atoms with Gasteiger partial charge in [0.25, 0.3) is 0 Å². The van der Waals surface area contributed by atoms with Gasteiger partial charge in [0.15, 0.2) is 11.5 Å². The Kier molecular flexibility index (Phi) is 4.82. The van der Waals surface area contributed by atoms with Crippen molar-refractivity contribution in [2.45, 2.75) is 6.10 Å². The van der Waals surface area contributed by atoms with Crippen molar-refractivity contribution in [1.29, 1.82) is 0 Å². The fourth-order valence-corrected chi connectivity index (χ4v) is 2.18. The third kappa shape index (κ3) is 4.14. The second-order valence-corrected chi connectivity index (χ2v) is 5.44. The molecule has 1 fully saturated rings. The zero-order valence-electron chi connectivity index (χ0n) is 13.3. The van der Waals surface area contributed by atoms with Gasteiger partial charge < -0.3 is 19.3 Å². The molecule has 124 valence electrons. The molecule has 0 saturated carbocycles. The highest BCUT2D eigenvalue weighted by molar-refractivity contribution is 5.88. The van der Waals surface area contributed by atoms with Crippen molar-refractivity contribution in [2.75, 3.05) is 20.3 Å². The number of aromatic carboxylic acids is 1. The van der Waals surface area contributed by atoms with Crippen molar-refractivity contribution < 1.29 is 24.1 Å². The van der Waals surface area contributed by atoms with Gasteiger partial charge in [0, 0.05) is 0 Å². The van der Waals surface area contributed by atoms with Crippen molar-refractivity contribution in [2.24, 2.45) is 0 Å². The molecule has 0 amide bonds. The van der Waals surface area contributed by atoms with Gasteiger partial charge in [-0.05, 0) is 35.4 Å². The maximum absolute atomic E-state index is 10.8. The van der Waals surface area contributed by atoms with E-state index >= 15 is 0 Å². The Hall–Kier alpha value is -2.79. The first kappa shape index (κ1) is 16.1. The first-order valence-corrected chi connectivity index (χ1v) is 7.59. The van der Waals surface area contributed by atoms with Crippen LogP contribution in [-0.4, -0.2) is 37.5 Å². The van der Waals surface area contributed by atoms with Crippen LogP contribution in [0, 0.1) is 0 Å². The molecule has 1 aliphatic heterocycles. The second kappa shape index (κ2) is 7.19. The maximum Gasteiger partial charge on any atom is 0.335 e. The third-order valence-electron chi connectivity index (χ3n) is 3.64. The van der Waals surface area contributed by atoms with E-state index in [1.807, 2.05) is 30.4 Å². The summed E-state index contributed by atoms with van der Waals surface area (Å²) >= 11 is 0. The van der Waals surface area contributed by atoms with E-state index in [1.165, 1.54) is 0 Å². The predicted octanol–water partition coefficient (Wildman–Crippen LogP) is 3.34. The molecule has 1 aliphatic rings. The molecule has 0 aromatic heterocycles. The summed E-state index contributed by atoms with van der Waals surface area (Å²) in [4.78, 5) is 10.8. The van der Waals surface area contributed by atoms with Crippen LogP contribution in [0.1, 0.15) is 21.5 Å². The molecule has 3 rings (SSSR count). The van der Waals surface area contributed by atoms with Gasteiger partial charge in [0.2, 0.25) is 0 Å². The van der Waals surface area contributed by atoms with Gasteiger partial charge in [-0.25, -0.2) is 4.79 Å². The van der Waals surface area contributed by atoms with Crippen LogP contribution in [0.4, 0.5) is 0 Å². The minimum atomic E-state index is -0.928. The van der Waals surface area contributed by atoms with E-state index in [-0.39, 0.29) is 11.7 Å². The zero-order chi connectivity index (χ0) is 16.9. The average molecular weight is 326 g/mol. The van der Waals surface area contributed by atoms with E-state index in [0.717, 1.165) is 17.7 Å². The molecule has 0 aliphatic carbocycles. The lowest BCUT2D eigenvalue weighted by Crippen LogP contribution is -2.05. The number of epoxide rings is 1. The minimum absolute atomic E-state index is 0.197. The van der Waals surface area contributed by atoms with Gasteiger partial charge in [-0.15, -0.1) is 0 Å². The summed E-state index contributed by atoms with van der Waals surface area (Å²) in [6, 6.07) is 12.4. The van der Waals surface area contributed by atoms with E-state index in [9.17, 15) is 4.79 Å². The Labute approximate surface area is 140 Å². The van der Waals surface area contributed by atoms with Crippen LogP contribution in [0.5, 0.6) is 11.5 Å². The van der Waals surface area contributed by atoms with Crippen molar-refractivity contribution in [3.8, 4) is 11.5 Å². The molecular weight excluding hydrogens is 308 g/mol. The standard InChI is InChI=1S/C19H18O5/c1-22-18-10-14(6-9-17(18)24-12-16-11-23-16)3-2-13-4-7-15(8-5-13)19(20)21/h2-10,16H,11-12H2,1H3,(H,20,21)/b3-2+. The number of rotatable bonds is 7. The first-order valence-electron chi connectivity index (χ1n) is 7.59. The van der Waals surface area contributed by atoms with Gasteiger partial charge in [-0.2, -0.15) is 0 Å². The molecule has 24 heavy (non-hydrogen) atoms. The number of carboxylic acids is 1. The van der Waals surface area contributed by atoms with Crippen molar-refractivity contribution >= 4 is 18.1 Å². The minimum Gasteiger partial charge on any atom is -0.493 e. The number of hydrogen-bond donors (Lipinski definition) is 1. The molecule has 1 saturated heterocycles. The van der Waals surface area contributed by atoms with E-state index in [1.54, 1.807) is 31.4 Å². The maximum atomic E-state index is 10.8. The Morgan fingerprint density at radius 3 is 2.46 bits per heavy atom. The van der Waals surface area contributed by atoms with Crippen LogP contribution in [-0.2, 0) is 4.74 Å². The molecule has 5 nitrogen and oxygen atoms in total. The molecule has 2 aromatic rings. The molecule has 1 N–H and O–H groups in total. The molecule has 0 spiro atoms. The number of methoxy groups -OCH3 is 1.